The summed E-state index contributed by atoms with van der Waals surface area (Å²) in [5.41, 5.74) is 6.01. The number of anilines is 1. The van der Waals surface area contributed by atoms with Crippen LogP contribution in [-0.4, -0.2) is 29.4 Å². The third-order valence-corrected chi connectivity index (χ3v) is 4.53. The molecular formula is C16H21NO4. The predicted octanol–water partition coefficient (Wildman–Crippen LogP) is 2.84. The molecule has 114 valence electrons. The van der Waals surface area contributed by atoms with Gasteiger partial charge in [0.15, 0.2) is 0 Å². The highest BCUT2D eigenvalue weighted by atomic mass is 16.5. The van der Waals surface area contributed by atoms with E-state index in [-0.39, 0.29) is 23.0 Å². The molecule has 21 heavy (non-hydrogen) atoms. The number of carboxylic acid groups (broad SMARTS) is 1. The molecule has 1 heterocycles. The number of aromatic carboxylic acids is 1. The van der Waals surface area contributed by atoms with Gasteiger partial charge < -0.3 is 20.3 Å². The van der Waals surface area contributed by atoms with Crippen molar-refractivity contribution in [3.8, 4) is 5.75 Å². The monoisotopic (exact) mass is 291 g/mol. The van der Waals surface area contributed by atoms with Gasteiger partial charge in [-0.3, -0.25) is 0 Å². The average Bonchev–Trinajstić information content (AvgIpc) is 2.86. The van der Waals surface area contributed by atoms with Gasteiger partial charge in [-0.2, -0.15) is 0 Å². The van der Waals surface area contributed by atoms with Crippen LogP contribution >= 0.6 is 0 Å². The van der Waals surface area contributed by atoms with Crippen LogP contribution in [0.2, 0.25) is 0 Å². The Balaban J connectivity index is 1.77. The molecule has 1 aliphatic carbocycles. The normalized spacial score (nSPS) is 24.1. The fraction of sp³-hybridized carbons (Fsp3) is 0.562. The van der Waals surface area contributed by atoms with Crippen molar-refractivity contribution in [3.05, 3.63) is 23.8 Å². The summed E-state index contributed by atoms with van der Waals surface area (Å²) in [7, 11) is 0. The van der Waals surface area contributed by atoms with Crippen LogP contribution in [0.5, 0.6) is 5.75 Å². The maximum Gasteiger partial charge on any atom is 0.341 e. The molecule has 0 amide bonds. The van der Waals surface area contributed by atoms with Gasteiger partial charge >= 0.3 is 5.97 Å². The van der Waals surface area contributed by atoms with Crippen LogP contribution in [-0.2, 0) is 4.74 Å². The van der Waals surface area contributed by atoms with E-state index >= 15 is 0 Å². The second-order valence-corrected chi connectivity index (χ2v) is 6.00. The van der Waals surface area contributed by atoms with Gasteiger partial charge in [-0.25, -0.2) is 4.79 Å². The predicted molar refractivity (Wildman–Crippen MR) is 78.6 cm³/mol. The van der Waals surface area contributed by atoms with Crippen molar-refractivity contribution in [3.63, 3.8) is 0 Å². The number of carboxylic acids is 1. The molecule has 1 aromatic carbocycles. The lowest BCUT2D eigenvalue weighted by atomic mass is 9.90. The molecule has 1 aliphatic heterocycles. The standard InChI is InChI=1S/C16H21NO4/c17-12-4-3-5-13(14(12)15(18)19)21-11-6-9-20-16(10-11)7-1-2-8-16/h3-5,11H,1-2,6-10,17H2,(H,18,19). The number of ether oxygens (including phenoxy) is 2. The lowest BCUT2D eigenvalue weighted by Gasteiger charge is -2.38. The number of nitrogens with two attached hydrogens (primary N) is 1. The van der Waals surface area contributed by atoms with E-state index < -0.39 is 5.97 Å². The molecule has 3 rings (SSSR count). The average molecular weight is 291 g/mol. The van der Waals surface area contributed by atoms with Crippen molar-refractivity contribution >= 4 is 11.7 Å². The first-order chi connectivity index (χ1) is 10.1. The van der Waals surface area contributed by atoms with E-state index in [2.05, 4.69) is 0 Å². The van der Waals surface area contributed by atoms with Crippen molar-refractivity contribution in [2.45, 2.75) is 50.2 Å². The summed E-state index contributed by atoms with van der Waals surface area (Å²) in [5, 5.41) is 9.30. The molecule has 1 saturated heterocycles. The van der Waals surface area contributed by atoms with Gasteiger partial charge in [-0.15, -0.1) is 0 Å². The Morgan fingerprint density at radius 1 is 1.38 bits per heavy atom. The van der Waals surface area contributed by atoms with Gasteiger partial charge in [-0.05, 0) is 25.0 Å². The van der Waals surface area contributed by atoms with E-state index in [1.54, 1.807) is 18.2 Å². The molecule has 3 N–H and O–H groups in total. The van der Waals surface area contributed by atoms with Gasteiger partial charge in [0, 0.05) is 18.5 Å². The highest BCUT2D eigenvalue weighted by Gasteiger charge is 2.41. The number of rotatable bonds is 3. The highest BCUT2D eigenvalue weighted by Crippen LogP contribution is 2.41. The van der Waals surface area contributed by atoms with Crippen molar-refractivity contribution in [1.29, 1.82) is 0 Å². The van der Waals surface area contributed by atoms with E-state index in [9.17, 15) is 9.90 Å². The summed E-state index contributed by atoms with van der Waals surface area (Å²) in [6.45, 7) is 0.676. The lowest BCUT2D eigenvalue weighted by Crippen LogP contribution is -2.41. The summed E-state index contributed by atoms with van der Waals surface area (Å²) in [6.07, 6.45) is 6.18. The number of hydrogen-bond acceptors (Lipinski definition) is 4. The van der Waals surface area contributed by atoms with Crippen molar-refractivity contribution in [2.75, 3.05) is 12.3 Å². The SMILES string of the molecule is Nc1cccc(OC2CCOC3(CCCC3)C2)c1C(=O)O. The van der Waals surface area contributed by atoms with E-state index in [4.69, 9.17) is 15.2 Å². The number of hydrogen-bond donors (Lipinski definition) is 2. The van der Waals surface area contributed by atoms with Crippen LogP contribution in [0.25, 0.3) is 0 Å². The van der Waals surface area contributed by atoms with E-state index in [0.29, 0.717) is 12.4 Å². The Morgan fingerprint density at radius 3 is 2.86 bits per heavy atom. The highest BCUT2D eigenvalue weighted by molar-refractivity contribution is 5.96. The fourth-order valence-corrected chi connectivity index (χ4v) is 3.51. The maximum absolute atomic E-state index is 11.3. The summed E-state index contributed by atoms with van der Waals surface area (Å²) in [4.78, 5) is 11.3. The molecule has 2 fully saturated rings. The molecule has 0 bridgehead atoms. The largest absolute Gasteiger partial charge is 0.489 e. The van der Waals surface area contributed by atoms with Gasteiger partial charge in [0.2, 0.25) is 0 Å². The minimum Gasteiger partial charge on any atom is -0.489 e. The van der Waals surface area contributed by atoms with Crippen LogP contribution in [0.1, 0.15) is 48.9 Å². The van der Waals surface area contributed by atoms with Gasteiger partial charge in [-0.1, -0.05) is 18.9 Å². The second-order valence-electron chi connectivity index (χ2n) is 6.00. The minimum absolute atomic E-state index is 0.00301. The first-order valence-electron chi connectivity index (χ1n) is 7.52. The molecule has 0 radical (unpaired) electrons. The molecular weight excluding hydrogens is 270 g/mol. The van der Waals surface area contributed by atoms with Crippen molar-refractivity contribution in [2.24, 2.45) is 0 Å². The molecule has 5 nitrogen and oxygen atoms in total. The molecule has 1 aromatic rings. The Hall–Kier alpha value is -1.75. The zero-order valence-electron chi connectivity index (χ0n) is 12.0. The third kappa shape index (κ3) is 2.83. The lowest BCUT2D eigenvalue weighted by molar-refractivity contribution is -0.108. The maximum atomic E-state index is 11.3. The molecule has 1 unspecified atom stereocenters. The summed E-state index contributed by atoms with van der Waals surface area (Å²) in [6, 6.07) is 4.98. The van der Waals surface area contributed by atoms with Gasteiger partial charge in [0.05, 0.1) is 12.2 Å². The van der Waals surface area contributed by atoms with Crippen LogP contribution < -0.4 is 10.5 Å². The number of benzene rings is 1. The molecule has 1 atom stereocenters. The zero-order chi connectivity index (χ0) is 14.9. The summed E-state index contributed by atoms with van der Waals surface area (Å²) >= 11 is 0. The topological polar surface area (TPSA) is 81.8 Å². The molecule has 1 spiro atoms. The molecule has 1 saturated carbocycles. The molecule has 2 aliphatic rings. The minimum atomic E-state index is -1.05. The quantitative estimate of drug-likeness (QED) is 0.837. The first-order valence-corrected chi connectivity index (χ1v) is 7.52. The fourth-order valence-electron chi connectivity index (χ4n) is 3.51. The van der Waals surface area contributed by atoms with Crippen LogP contribution in [0.3, 0.4) is 0 Å². The van der Waals surface area contributed by atoms with Crippen LogP contribution in [0.4, 0.5) is 5.69 Å². The smallest absolute Gasteiger partial charge is 0.341 e. The Bertz CT molecular complexity index is 537. The second kappa shape index (κ2) is 5.56. The van der Waals surface area contributed by atoms with Crippen LogP contribution in [0.15, 0.2) is 18.2 Å². The number of carbonyl (C=O) groups is 1. The number of nitrogen functional groups attached to an aromatic ring is 1. The van der Waals surface area contributed by atoms with Crippen LogP contribution in [0, 0.1) is 0 Å². The molecule has 5 heteroatoms. The summed E-state index contributed by atoms with van der Waals surface area (Å²) in [5.74, 6) is -0.687. The molecule has 0 aromatic heterocycles. The summed E-state index contributed by atoms with van der Waals surface area (Å²) < 4.78 is 11.9. The van der Waals surface area contributed by atoms with Crippen molar-refractivity contribution < 1.29 is 19.4 Å². The van der Waals surface area contributed by atoms with E-state index in [0.717, 1.165) is 25.7 Å². The zero-order valence-corrected chi connectivity index (χ0v) is 12.0. The Labute approximate surface area is 124 Å². The first kappa shape index (κ1) is 14.2. The Kier molecular flexibility index (Phi) is 3.76. The Morgan fingerprint density at radius 2 is 2.14 bits per heavy atom. The van der Waals surface area contributed by atoms with Gasteiger partial charge in [0.1, 0.15) is 17.4 Å². The van der Waals surface area contributed by atoms with Gasteiger partial charge in [0.25, 0.3) is 0 Å². The van der Waals surface area contributed by atoms with Crippen molar-refractivity contribution in [1.82, 2.24) is 0 Å². The van der Waals surface area contributed by atoms with E-state index in [1.807, 2.05) is 0 Å². The third-order valence-electron chi connectivity index (χ3n) is 4.53. The van der Waals surface area contributed by atoms with E-state index in [1.165, 1.54) is 12.8 Å².